The summed E-state index contributed by atoms with van der Waals surface area (Å²) in [4.78, 5) is 41.7. The Morgan fingerprint density at radius 2 is 1.82 bits per heavy atom. The maximum absolute atomic E-state index is 13.3. The van der Waals surface area contributed by atoms with Crippen LogP contribution in [0.5, 0.6) is 5.75 Å². The van der Waals surface area contributed by atoms with Crippen molar-refractivity contribution >= 4 is 40.9 Å². The first-order chi connectivity index (χ1) is 16.2. The molecular weight excluding hydrogens is 430 g/mol. The minimum absolute atomic E-state index is 0.105. The topological polar surface area (TPSA) is 79.0 Å². The van der Waals surface area contributed by atoms with E-state index in [1.807, 2.05) is 25.1 Å². The van der Waals surface area contributed by atoms with Gasteiger partial charge >= 0.3 is 6.03 Å². The first-order valence-corrected chi connectivity index (χ1v) is 11.4. The number of imide groups is 2. The van der Waals surface area contributed by atoms with Crippen LogP contribution < -0.4 is 19.9 Å². The van der Waals surface area contributed by atoms with Crippen molar-refractivity contribution in [2.45, 2.75) is 40.2 Å². The van der Waals surface area contributed by atoms with Gasteiger partial charge in [0, 0.05) is 23.9 Å². The van der Waals surface area contributed by atoms with Crippen LogP contribution in [0.1, 0.15) is 45.7 Å². The number of hydrogen-bond donors (Lipinski definition) is 1. The first kappa shape index (κ1) is 23.3. The number of barbiturate groups is 1. The molecule has 2 aliphatic heterocycles. The van der Waals surface area contributed by atoms with E-state index in [1.165, 1.54) is 6.08 Å². The van der Waals surface area contributed by atoms with Crippen molar-refractivity contribution in [1.29, 1.82) is 0 Å². The van der Waals surface area contributed by atoms with Gasteiger partial charge in [0.15, 0.2) is 0 Å². The smallest absolute Gasteiger partial charge is 0.335 e. The Labute approximate surface area is 199 Å². The molecule has 0 unspecified atom stereocenters. The zero-order valence-corrected chi connectivity index (χ0v) is 20.1. The number of fused-ring (bicyclic) bond motifs is 1. The third-order valence-electron chi connectivity index (χ3n) is 6.12. The average Bonchev–Trinajstić information content (AvgIpc) is 2.77. The number of nitrogens with one attached hydrogen (secondary N) is 1. The second-order valence-electron chi connectivity index (χ2n) is 8.89. The lowest BCUT2D eigenvalue weighted by Gasteiger charge is -2.42. The Balaban J connectivity index is 1.72. The highest BCUT2D eigenvalue weighted by atomic mass is 16.5. The number of hydrogen-bond acceptors (Lipinski definition) is 5. The highest BCUT2D eigenvalue weighted by Crippen LogP contribution is 2.39. The van der Waals surface area contributed by atoms with Crippen LogP contribution in [0.2, 0.25) is 0 Å². The van der Waals surface area contributed by atoms with Crippen molar-refractivity contribution < 1.29 is 19.1 Å². The number of carbonyl (C=O) groups is 3. The lowest BCUT2D eigenvalue weighted by molar-refractivity contribution is -0.122. The standard InChI is InChI=1S/C27H29N3O4/c1-6-29-23-12-11-18(13-21(23)17(3)16-27(29,4)5)14-22-24(31)28-26(33)30(25(22)32)19-9-8-10-20(15-19)34-7-2/h8-16H,6-7H2,1-5H3,(H,28,31,33)/b22-14+. The zero-order chi connectivity index (χ0) is 24.6. The quantitative estimate of drug-likeness (QED) is 0.515. The lowest BCUT2D eigenvalue weighted by Crippen LogP contribution is -2.54. The van der Waals surface area contributed by atoms with Gasteiger partial charge in [0.05, 0.1) is 17.8 Å². The molecule has 1 N–H and O–H groups in total. The molecule has 2 heterocycles. The van der Waals surface area contributed by atoms with E-state index in [-0.39, 0.29) is 11.1 Å². The van der Waals surface area contributed by atoms with Crippen LogP contribution in [0.4, 0.5) is 16.2 Å². The second kappa shape index (κ2) is 8.82. The fourth-order valence-corrected chi connectivity index (χ4v) is 4.71. The van der Waals surface area contributed by atoms with E-state index in [4.69, 9.17) is 4.74 Å². The number of urea groups is 1. The van der Waals surface area contributed by atoms with E-state index in [2.05, 4.69) is 44.0 Å². The molecule has 4 amide bonds. The fourth-order valence-electron chi connectivity index (χ4n) is 4.71. The summed E-state index contributed by atoms with van der Waals surface area (Å²) < 4.78 is 5.49. The molecule has 34 heavy (non-hydrogen) atoms. The normalized spacial score (nSPS) is 18.6. The Kier molecular flexibility index (Phi) is 6.04. The molecule has 2 aliphatic rings. The van der Waals surface area contributed by atoms with E-state index < -0.39 is 17.8 Å². The largest absolute Gasteiger partial charge is 0.494 e. The van der Waals surface area contributed by atoms with Crippen LogP contribution in [0.25, 0.3) is 11.6 Å². The number of rotatable bonds is 5. The molecule has 0 atom stereocenters. The number of likely N-dealkylation sites (N-methyl/N-ethyl adjacent to an activating group) is 1. The monoisotopic (exact) mass is 459 g/mol. The maximum atomic E-state index is 13.3. The number of allylic oxidation sites excluding steroid dienone is 1. The summed E-state index contributed by atoms with van der Waals surface area (Å²) in [5.41, 5.74) is 4.12. The SMILES string of the molecule is CCOc1cccc(N2C(=O)NC(=O)/C(=C\c3ccc4c(c3)C(C)=CC(C)(C)N4CC)C2=O)c1. The van der Waals surface area contributed by atoms with E-state index in [0.29, 0.717) is 23.6 Å². The van der Waals surface area contributed by atoms with Gasteiger partial charge in [-0.15, -0.1) is 0 Å². The number of benzene rings is 2. The van der Waals surface area contributed by atoms with Crippen molar-refractivity contribution in [3.05, 3.63) is 65.2 Å². The average molecular weight is 460 g/mol. The lowest BCUT2D eigenvalue weighted by atomic mass is 9.88. The molecule has 1 fully saturated rings. The molecule has 2 aromatic carbocycles. The van der Waals surface area contributed by atoms with Crippen LogP contribution in [-0.4, -0.2) is 36.5 Å². The molecule has 2 aromatic rings. The van der Waals surface area contributed by atoms with Crippen LogP contribution in [0, 0.1) is 0 Å². The molecule has 7 heteroatoms. The van der Waals surface area contributed by atoms with E-state index in [1.54, 1.807) is 24.3 Å². The molecule has 0 spiro atoms. The van der Waals surface area contributed by atoms with E-state index >= 15 is 0 Å². The fraction of sp³-hybridized carbons (Fsp3) is 0.296. The van der Waals surface area contributed by atoms with Crippen molar-refractivity contribution in [3.8, 4) is 5.75 Å². The van der Waals surface area contributed by atoms with Gasteiger partial charge in [0.25, 0.3) is 11.8 Å². The Morgan fingerprint density at radius 1 is 1.06 bits per heavy atom. The predicted octanol–water partition coefficient (Wildman–Crippen LogP) is 4.77. The summed E-state index contributed by atoms with van der Waals surface area (Å²) in [6.45, 7) is 11.7. The van der Waals surface area contributed by atoms with Crippen LogP contribution in [-0.2, 0) is 9.59 Å². The van der Waals surface area contributed by atoms with Crippen LogP contribution >= 0.6 is 0 Å². The van der Waals surface area contributed by atoms with Gasteiger partial charge in [-0.3, -0.25) is 14.9 Å². The second-order valence-corrected chi connectivity index (χ2v) is 8.89. The summed E-state index contributed by atoms with van der Waals surface area (Å²) in [7, 11) is 0. The third kappa shape index (κ3) is 4.09. The summed E-state index contributed by atoms with van der Waals surface area (Å²) in [6, 6.07) is 11.8. The van der Waals surface area contributed by atoms with Gasteiger partial charge in [-0.2, -0.15) is 0 Å². The highest BCUT2D eigenvalue weighted by Gasteiger charge is 2.37. The molecule has 0 saturated carbocycles. The summed E-state index contributed by atoms with van der Waals surface area (Å²) in [5.74, 6) is -0.861. The number of anilines is 2. The van der Waals surface area contributed by atoms with Crippen molar-refractivity contribution in [3.63, 3.8) is 0 Å². The molecule has 7 nitrogen and oxygen atoms in total. The van der Waals surface area contributed by atoms with E-state index in [9.17, 15) is 14.4 Å². The minimum atomic E-state index is -0.786. The molecule has 0 aromatic heterocycles. The number of carbonyl (C=O) groups excluding carboxylic acids is 3. The van der Waals surface area contributed by atoms with Gasteiger partial charge in [-0.1, -0.05) is 18.2 Å². The molecule has 4 rings (SSSR count). The van der Waals surface area contributed by atoms with Crippen LogP contribution in [0.15, 0.2) is 54.1 Å². The molecule has 0 aliphatic carbocycles. The van der Waals surface area contributed by atoms with Gasteiger partial charge < -0.3 is 9.64 Å². The Hall–Kier alpha value is -3.87. The van der Waals surface area contributed by atoms with Gasteiger partial charge in [-0.05, 0) is 76.1 Å². The number of ether oxygens (including phenoxy) is 1. The van der Waals surface area contributed by atoms with Crippen molar-refractivity contribution in [2.75, 3.05) is 23.0 Å². The van der Waals surface area contributed by atoms with Gasteiger partial charge in [-0.25, -0.2) is 9.69 Å². The van der Waals surface area contributed by atoms with Gasteiger partial charge in [0.1, 0.15) is 11.3 Å². The van der Waals surface area contributed by atoms with Crippen LogP contribution in [0.3, 0.4) is 0 Å². The maximum Gasteiger partial charge on any atom is 0.335 e. The molecule has 0 radical (unpaired) electrons. The zero-order valence-electron chi connectivity index (χ0n) is 20.1. The molecule has 0 bridgehead atoms. The molecule has 176 valence electrons. The van der Waals surface area contributed by atoms with Crippen molar-refractivity contribution in [1.82, 2.24) is 5.32 Å². The predicted molar refractivity (Wildman–Crippen MR) is 134 cm³/mol. The third-order valence-corrected chi connectivity index (χ3v) is 6.12. The summed E-state index contributed by atoms with van der Waals surface area (Å²) in [6.07, 6.45) is 3.76. The Morgan fingerprint density at radius 3 is 2.53 bits per heavy atom. The highest BCUT2D eigenvalue weighted by molar-refractivity contribution is 6.39. The minimum Gasteiger partial charge on any atom is -0.494 e. The number of nitrogens with zero attached hydrogens (tertiary/aromatic N) is 2. The molecule has 1 saturated heterocycles. The number of amides is 4. The Bertz CT molecular complexity index is 1240. The first-order valence-electron chi connectivity index (χ1n) is 11.4. The summed E-state index contributed by atoms with van der Waals surface area (Å²) in [5, 5.41) is 2.28. The van der Waals surface area contributed by atoms with Gasteiger partial charge in [0.2, 0.25) is 0 Å². The summed E-state index contributed by atoms with van der Waals surface area (Å²) >= 11 is 0. The van der Waals surface area contributed by atoms with Crippen molar-refractivity contribution in [2.24, 2.45) is 0 Å². The molecular formula is C27H29N3O4. The van der Waals surface area contributed by atoms with E-state index in [0.717, 1.165) is 28.3 Å².